The van der Waals surface area contributed by atoms with E-state index in [0.29, 0.717) is 6.07 Å². The van der Waals surface area contributed by atoms with Crippen LogP contribution < -0.4 is 0 Å². The van der Waals surface area contributed by atoms with Crippen molar-refractivity contribution in [3.63, 3.8) is 0 Å². The third-order valence-corrected chi connectivity index (χ3v) is 6.01. The van der Waals surface area contributed by atoms with Crippen LogP contribution >= 0.6 is 11.6 Å². The third kappa shape index (κ3) is 4.20. The zero-order valence-corrected chi connectivity index (χ0v) is 18.7. The summed E-state index contributed by atoms with van der Waals surface area (Å²) in [4.78, 5) is 29.7. The molecule has 1 aromatic heterocycles. The Morgan fingerprint density at radius 3 is 2.10 bits per heavy atom. The molecular formula is C19H20ClF3N2O4S. The Bertz CT molecular complexity index is 1120. The lowest BCUT2D eigenvalue weighted by Crippen LogP contribution is -2.49. The van der Waals surface area contributed by atoms with Crippen LogP contribution in [0.15, 0.2) is 27.1 Å². The monoisotopic (exact) mass is 464 g/mol. The number of hydrogen-bond acceptors (Lipinski definition) is 5. The molecule has 0 bridgehead atoms. The quantitative estimate of drug-likeness (QED) is 0.627. The van der Waals surface area contributed by atoms with Crippen molar-refractivity contribution in [3.8, 4) is 0 Å². The van der Waals surface area contributed by atoms with Gasteiger partial charge in [-0.25, -0.2) is 13.4 Å². The van der Waals surface area contributed by atoms with Crippen molar-refractivity contribution in [2.75, 3.05) is 6.26 Å². The molecule has 0 amide bonds. The fourth-order valence-corrected chi connectivity index (χ4v) is 4.26. The van der Waals surface area contributed by atoms with Crippen molar-refractivity contribution in [3.05, 3.63) is 39.7 Å². The average molecular weight is 465 g/mol. The first-order chi connectivity index (χ1) is 13.3. The molecule has 0 N–H and O–H groups in total. The molecule has 0 unspecified atom stereocenters. The van der Waals surface area contributed by atoms with Crippen LogP contribution in [0.25, 0.3) is 0 Å². The van der Waals surface area contributed by atoms with Gasteiger partial charge in [-0.1, -0.05) is 11.6 Å². The lowest BCUT2D eigenvalue weighted by Gasteiger charge is -2.40. The van der Waals surface area contributed by atoms with Gasteiger partial charge in [-0.05, 0) is 46.8 Å². The number of carbonyl (C=O) groups excluding carboxylic acids is 2. The van der Waals surface area contributed by atoms with E-state index < -0.39 is 44.3 Å². The summed E-state index contributed by atoms with van der Waals surface area (Å²) in [5.74, 6) is -1.32. The zero-order valence-electron chi connectivity index (χ0n) is 17.1. The largest absolute Gasteiger partial charge is 0.433 e. The van der Waals surface area contributed by atoms with Crippen molar-refractivity contribution in [2.24, 2.45) is 15.2 Å². The second-order valence-corrected chi connectivity index (χ2v) is 10.1. The van der Waals surface area contributed by atoms with Gasteiger partial charge in [0.25, 0.3) is 10.0 Å². The summed E-state index contributed by atoms with van der Waals surface area (Å²) in [6.45, 7) is 6.99. The summed E-state index contributed by atoms with van der Waals surface area (Å²) in [5, 5.41) is -0.237. The summed E-state index contributed by atoms with van der Waals surface area (Å²) in [6.07, 6.45) is -3.91. The number of ketones is 2. The van der Waals surface area contributed by atoms with Gasteiger partial charge in [0, 0.05) is 16.3 Å². The number of halogens is 4. The zero-order chi connectivity index (χ0) is 23.4. The second-order valence-electron chi connectivity index (χ2n) is 8.10. The van der Waals surface area contributed by atoms with Crippen LogP contribution in [0.5, 0.6) is 0 Å². The molecule has 0 aromatic carbocycles. The minimum absolute atomic E-state index is 0.210. The molecule has 30 heavy (non-hydrogen) atoms. The number of aromatic nitrogens is 1. The minimum atomic E-state index is -4.70. The standard InChI is InChI=1S/C19H20ClF3N2O4S/c1-9-10(7-8-11(24-9)19(21,22)23)13(26)12-14(20)17(2,3)16(27)18(4,5)15(12)25-30(6,28)29/h7-8H,1-6H3. The Labute approximate surface area is 177 Å². The molecule has 0 aliphatic heterocycles. The number of carbonyl (C=O) groups is 2. The molecule has 0 radical (unpaired) electrons. The summed E-state index contributed by atoms with van der Waals surface area (Å²) < 4.78 is 66.1. The number of alkyl halides is 3. The van der Waals surface area contributed by atoms with Crippen LogP contribution in [0, 0.1) is 17.8 Å². The first-order valence-electron chi connectivity index (χ1n) is 8.67. The molecule has 2 rings (SSSR count). The highest BCUT2D eigenvalue weighted by atomic mass is 35.5. The van der Waals surface area contributed by atoms with Crippen molar-refractivity contribution in [2.45, 2.75) is 40.8 Å². The molecule has 1 heterocycles. The van der Waals surface area contributed by atoms with Crippen LogP contribution in [0.3, 0.4) is 0 Å². The number of rotatable bonds is 3. The fraction of sp³-hybridized carbons (Fsp3) is 0.474. The van der Waals surface area contributed by atoms with Crippen LogP contribution in [0.4, 0.5) is 13.2 Å². The van der Waals surface area contributed by atoms with Crippen molar-refractivity contribution < 1.29 is 31.2 Å². The molecule has 0 spiro atoms. The van der Waals surface area contributed by atoms with E-state index in [9.17, 15) is 31.2 Å². The SMILES string of the molecule is Cc1nc(C(F)(F)F)ccc1C(=O)C1=C(Cl)C(C)(C)C(=O)C(C)(C)C1=NS(C)(=O)=O. The molecule has 164 valence electrons. The molecule has 1 aliphatic carbocycles. The summed E-state index contributed by atoms with van der Waals surface area (Å²) in [6, 6.07) is 1.59. The van der Waals surface area contributed by atoms with E-state index in [1.807, 2.05) is 0 Å². The number of nitrogens with zero attached hydrogens (tertiary/aromatic N) is 2. The molecule has 0 saturated carbocycles. The van der Waals surface area contributed by atoms with Gasteiger partial charge in [-0.15, -0.1) is 0 Å². The van der Waals surface area contributed by atoms with Gasteiger partial charge in [-0.2, -0.15) is 17.6 Å². The van der Waals surface area contributed by atoms with Crippen molar-refractivity contribution in [1.82, 2.24) is 4.98 Å². The maximum atomic E-state index is 13.3. The Morgan fingerprint density at radius 1 is 1.13 bits per heavy atom. The predicted octanol–water partition coefficient (Wildman–Crippen LogP) is 4.12. The van der Waals surface area contributed by atoms with Gasteiger partial charge < -0.3 is 0 Å². The van der Waals surface area contributed by atoms with Crippen molar-refractivity contribution >= 4 is 38.9 Å². The highest BCUT2D eigenvalue weighted by Gasteiger charge is 2.53. The number of allylic oxidation sites excluding steroid dienone is 2. The van der Waals surface area contributed by atoms with E-state index >= 15 is 0 Å². The number of aryl methyl sites for hydroxylation is 1. The van der Waals surface area contributed by atoms with E-state index in [0.717, 1.165) is 12.3 Å². The topological polar surface area (TPSA) is 93.5 Å². The lowest BCUT2D eigenvalue weighted by atomic mass is 9.63. The van der Waals surface area contributed by atoms with Crippen LogP contribution in [0.2, 0.25) is 0 Å². The Balaban J connectivity index is 2.84. The van der Waals surface area contributed by atoms with E-state index in [4.69, 9.17) is 11.6 Å². The number of sulfonamides is 1. The van der Waals surface area contributed by atoms with Gasteiger partial charge in [0.2, 0.25) is 0 Å². The van der Waals surface area contributed by atoms with Gasteiger partial charge in [0.1, 0.15) is 5.69 Å². The number of Topliss-reactive ketones (excluding diaryl/α,β-unsaturated/α-hetero) is 2. The van der Waals surface area contributed by atoms with Gasteiger partial charge in [0.05, 0.1) is 28.4 Å². The lowest BCUT2D eigenvalue weighted by molar-refractivity contribution is -0.141. The van der Waals surface area contributed by atoms with Gasteiger partial charge in [0.15, 0.2) is 11.6 Å². The van der Waals surface area contributed by atoms with Crippen molar-refractivity contribution in [1.29, 1.82) is 0 Å². The Hall–Kier alpha value is -2.07. The van der Waals surface area contributed by atoms with Crippen LogP contribution in [-0.4, -0.2) is 36.9 Å². The average Bonchev–Trinajstić information content (AvgIpc) is 2.57. The second kappa shape index (κ2) is 7.26. The fourth-order valence-electron chi connectivity index (χ4n) is 3.34. The van der Waals surface area contributed by atoms with E-state index in [1.165, 1.54) is 34.6 Å². The Morgan fingerprint density at radius 2 is 1.67 bits per heavy atom. The van der Waals surface area contributed by atoms with Crippen LogP contribution in [0.1, 0.15) is 49.4 Å². The first-order valence-corrected chi connectivity index (χ1v) is 10.9. The van der Waals surface area contributed by atoms with E-state index in [2.05, 4.69) is 9.38 Å². The third-order valence-electron chi connectivity index (χ3n) is 4.84. The van der Waals surface area contributed by atoms with Gasteiger partial charge in [-0.3, -0.25) is 9.59 Å². The number of pyridine rings is 1. The summed E-state index contributed by atoms with van der Waals surface area (Å²) in [7, 11) is -4.04. The maximum Gasteiger partial charge on any atom is 0.433 e. The van der Waals surface area contributed by atoms with E-state index in [1.54, 1.807) is 0 Å². The van der Waals surface area contributed by atoms with E-state index in [-0.39, 0.29) is 27.6 Å². The maximum absolute atomic E-state index is 13.3. The molecule has 1 aliphatic rings. The smallest absolute Gasteiger partial charge is 0.298 e. The minimum Gasteiger partial charge on any atom is -0.298 e. The normalized spacial score (nSPS) is 20.6. The van der Waals surface area contributed by atoms with Gasteiger partial charge >= 0.3 is 6.18 Å². The molecule has 11 heteroatoms. The summed E-state index contributed by atoms with van der Waals surface area (Å²) >= 11 is 6.38. The predicted molar refractivity (Wildman–Crippen MR) is 106 cm³/mol. The molecule has 0 atom stereocenters. The first kappa shape index (κ1) is 24.2. The van der Waals surface area contributed by atoms with Crippen LogP contribution in [-0.2, 0) is 21.0 Å². The number of hydrogen-bond donors (Lipinski definition) is 0. The molecule has 0 saturated heterocycles. The molecule has 0 fully saturated rings. The summed E-state index contributed by atoms with van der Waals surface area (Å²) in [5.41, 5.74) is -5.15. The molecule has 1 aromatic rings. The molecule has 6 nitrogen and oxygen atoms in total. The Kier molecular flexibility index (Phi) is 5.86. The molecular weight excluding hydrogens is 445 g/mol. The highest BCUT2D eigenvalue weighted by molar-refractivity contribution is 7.89. The highest BCUT2D eigenvalue weighted by Crippen LogP contribution is 2.47.